The van der Waals surface area contributed by atoms with Gasteiger partial charge in [0.2, 0.25) is 12.1 Å². The number of ketones is 1. The Morgan fingerprint density at radius 1 is 1.04 bits per heavy atom. The van der Waals surface area contributed by atoms with Crippen LogP contribution in [0.25, 0.3) is 0 Å². The zero-order valence-electron chi connectivity index (χ0n) is 14.0. The minimum absolute atomic E-state index is 0.0403. The van der Waals surface area contributed by atoms with Crippen LogP contribution in [-0.4, -0.2) is 57.9 Å². The zero-order chi connectivity index (χ0) is 16.9. The van der Waals surface area contributed by atoms with Crippen LogP contribution in [0, 0.1) is 5.92 Å². The fraction of sp³-hybridized carbons (Fsp3) is 0.875. The molecule has 0 aromatic rings. The van der Waals surface area contributed by atoms with E-state index in [4.69, 9.17) is 23.7 Å². The number of ether oxygens (including phenoxy) is 5. The Labute approximate surface area is 136 Å². The molecule has 2 saturated heterocycles. The van der Waals surface area contributed by atoms with E-state index in [0.29, 0.717) is 19.3 Å². The van der Waals surface area contributed by atoms with Crippen molar-refractivity contribution in [1.82, 2.24) is 0 Å². The second-order valence-corrected chi connectivity index (χ2v) is 5.98. The molecule has 0 saturated carbocycles. The molecule has 2 heterocycles. The van der Waals surface area contributed by atoms with E-state index in [9.17, 15) is 9.59 Å². The Kier molecular flexibility index (Phi) is 6.52. The largest absolute Gasteiger partial charge is 0.463 e. The smallest absolute Gasteiger partial charge is 0.305 e. The van der Waals surface area contributed by atoms with Crippen molar-refractivity contribution >= 4 is 11.8 Å². The molecule has 0 N–H and O–H groups in total. The van der Waals surface area contributed by atoms with Crippen molar-refractivity contribution in [3.05, 3.63) is 0 Å². The Bertz CT molecular complexity index is 419. The Morgan fingerprint density at radius 3 is 2.39 bits per heavy atom. The van der Waals surface area contributed by atoms with E-state index in [1.54, 1.807) is 0 Å². The van der Waals surface area contributed by atoms with Crippen LogP contribution < -0.4 is 0 Å². The van der Waals surface area contributed by atoms with Gasteiger partial charge < -0.3 is 23.7 Å². The number of carbonyl (C=O) groups is 2. The van der Waals surface area contributed by atoms with E-state index in [-0.39, 0.29) is 18.4 Å². The highest BCUT2D eigenvalue weighted by Crippen LogP contribution is 2.38. The lowest BCUT2D eigenvalue weighted by atomic mass is 9.84. The van der Waals surface area contributed by atoms with Gasteiger partial charge >= 0.3 is 5.97 Å². The summed E-state index contributed by atoms with van der Waals surface area (Å²) in [7, 11) is 4.47. The maximum Gasteiger partial charge on any atom is 0.305 e. The zero-order valence-corrected chi connectivity index (χ0v) is 14.0. The SMILES string of the molecule is CO[C@H]1O[C@@H]2COC(=O)CCCCCC(=O)[C@H]2CC1(OC)OC. The van der Waals surface area contributed by atoms with E-state index >= 15 is 0 Å². The third-order valence-corrected chi connectivity index (χ3v) is 4.64. The van der Waals surface area contributed by atoms with E-state index < -0.39 is 24.1 Å². The van der Waals surface area contributed by atoms with Gasteiger partial charge in [0, 0.05) is 40.6 Å². The maximum atomic E-state index is 12.6. The maximum absolute atomic E-state index is 12.6. The quantitative estimate of drug-likeness (QED) is 0.572. The van der Waals surface area contributed by atoms with E-state index in [2.05, 4.69) is 0 Å². The number of carbonyl (C=O) groups excluding carboxylic acids is 2. The van der Waals surface area contributed by atoms with Crippen LogP contribution in [0.3, 0.4) is 0 Å². The number of fused-ring (bicyclic) bond motifs is 1. The van der Waals surface area contributed by atoms with E-state index in [0.717, 1.165) is 19.3 Å². The summed E-state index contributed by atoms with van der Waals surface area (Å²) in [4.78, 5) is 24.3. The van der Waals surface area contributed by atoms with Gasteiger partial charge in [-0.1, -0.05) is 6.42 Å². The molecule has 3 atom stereocenters. The second-order valence-electron chi connectivity index (χ2n) is 5.98. The van der Waals surface area contributed by atoms with Gasteiger partial charge in [0.1, 0.15) is 18.5 Å². The summed E-state index contributed by atoms with van der Waals surface area (Å²) in [6.45, 7) is 0.0403. The van der Waals surface area contributed by atoms with Gasteiger partial charge in [-0.15, -0.1) is 0 Å². The Morgan fingerprint density at radius 2 is 1.74 bits per heavy atom. The van der Waals surface area contributed by atoms with Crippen molar-refractivity contribution in [2.45, 2.75) is 56.7 Å². The molecule has 23 heavy (non-hydrogen) atoms. The molecule has 0 amide bonds. The van der Waals surface area contributed by atoms with Gasteiger partial charge in [-0.25, -0.2) is 0 Å². The highest BCUT2D eigenvalue weighted by Gasteiger charge is 2.52. The molecule has 7 heteroatoms. The monoisotopic (exact) mass is 330 g/mol. The standard InChI is InChI=1S/C16H26O7/c1-19-15-16(20-2,21-3)9-11-12(17)7-5-4-6-8-14(18)22-10-13(11)23-15/h11,13,15H,4-10H2,1-3H3/t11-,13-,15+/m1/s1. The molecule has 2 aliphatic heterocycles. The van der Waals surface area contributed by atoms with Gasteiger partial charge in [0.15, 0.2) is 0 Å². The summed E-state index contributed by atoms with van der Waals surface area (Å²) >= 11 is 0. The summed E-state index contributed by atoms with van der Waals surface area (Å²) in [5.74, 6) is -1.77. The number of Topliss-reactive ketones (excluding diaryl/α,β-unsaturated/α-hetero) is 1. The molecule has 2 aliphatic rings. The predicted molar refractivity (Wildman–Crippen MR) is 79.6 cm³/mol. The fourth-order valence-electron chi connectivity index (χ4n) is 3.22. The molecular weight excluding hydrogens is 304 g/mol. The van der Waals surface area contributed by atoms with Crippen molar-refractivity contribution < 1.29 is 33.3 Å². The number of rotatable bonds is 3. The summed E-state index contributed by atoms with van der Waals surface area (Å²) in [5.41, 5.74) is 0. The predicted octanol–water partition coefficient (Wildman–Crippen LogP) is 1.43. The van der Waals surface area contributed by atoms with Crippen LogP contribution in [0.4, 0.5) is 0 Å². The lowest BCUT2D eigenvalue weighted by molar-refractivity contribution is -0.373. The minimum atomic E-state index is -1.14. The van der Waals surface area contributed by atoms with Crippen molar-refractivity contribution in [2.24, 2.45) is 5.92 Å². The number of methoxy groups -OCH3 is 3. The molecular formula is C16H26O7. The van der Waals surface area contributed by atoms with Gasteiger partial charge in [-0.05, 0) is 12.8 Å². The topological polar surface area (TPSA) is 80.3 Å². The summed E-state index contributed by atoms with van der Waals surface area (Å²) in [6, 6.07) is 0. The van der Waals surface area contributed by atoms with Crippen LogP contribution >= 0.6 is 0 Å². The number of esters is 1. The molecule has 0 aromatic heterocycles. The number of hydrogen-bond acceptors (Lipinski definition) is 7. The highest BCUT2D eigenvalue weighted by molar-refractivity contribution is 5.82. The molecule has 0 spiro atoms. The van der Waals surface area contributed by atoms with Crippen molar-refractivity contribution in [1.29, 1.82) is 0 Å². The van der Waals surface area contributed by atoms with Gasteiger partial charge in [-0.3, -0.25) is 9.59 Å². The lowest BCUT2D eigenvalue weighted by Crippen LogP contribution is -2.59. The normalized spacial score (nSPS) is 32.6. The molecule has 0 unspecified atom stereocenters. The molecule has 0 bridgehead atoms. The molecule has 0 aliphatic carbocycles. The Balaban J connectivity index is 2.22. The first-order valence-electron chi connectivity index (χ1n) is 8.03. The first kappa shape index (κ1) is 18.3. The van der Waals surface area contributed by atoms with Crippen LogP contribution in [0.2, 0.25) is 0 Å². The van der Waals surface area contributed by atoms with E-state index in [1.165, 1.54) is 21.3 Å². The molecule has 2 fully saturated rings. The first-order valence-corrected chi connectivity index (χ1v) is 8.03. The first-order chi connectivity index (χ1) is 11.1. The number of cyclic esters (lactones) is 1. The molecule has 0 aromatic carbocycles. The average molecular weight is 330 g/mol. The highest BCUT2D eigenvalue weighted by atomic mass is 16.8. The van der Waals surface area contributed by atoms with Gasteiger partial charge in [-0.2, -0.15) is 0 Å². The summed E-state index contributed by atoms with van der Waals surface area (Å²) in [6.07, 6.45) is 2.13. The third-order valence-electron chi connectivity index (χ3n) is 4.64. The fourth-order valence-corrected chi connectivity index (χ4v) is 3.22. The Hall–Kier alpha value is -1.02. The van der Waals surface area contributed by atoms with E-state index in [1.807, 2.05) is 0 Å². The van der Waals surface area contributed by atoms with Gasteiger partial charge in [0.25, 0.3) is 0 Å². The molecule has 0 radical (unpaired) electrons. The second kappa shape index (κ2) is 8.19. The third kappa shape index (κ3) is 4.09. The van der Waals surface area contributed by atoms with Crippen LogP contribution in [0.5, 0.6) is 0 Å². The van der Waals surface area contributed by atoms with Crippen LogP contribution in [0.1, 0.15) is 38.5 Å². The van der Waals surface area contributed by atoms with Crippen LogP contribution in [0.15, 0.2) is 0 Å². The van der Waals surface area contributed by atoms with Gasteiger partial charge in [0.05, 0.1) is 5.92 Å². The lowest BCUT2D eigenvalue weighted by Gasteiger charge is -2.46. The average Bonchev–Trinajstić information content (AvgIpc) is 2.60. The minimum Gasteiger partial charge on any atom is -0.463 e. The van der Waals surface area contributed by atoms with Crippen LogP contribution in [-0.2, 0) is 33.3 Å². The molecule has 7 nitrogen and oxygen atoms in total. The number of hydrogen-bond donors (Lipinski definition) is 0. The van der Waals surface area contributed by atoms with Crippen molar-refractivity contribution in [3.63, 3.8) is 0 Å². The summed E-state index contributed by atoms with van der Waals surface area (Å²) in [5, 5.41) is 0. The van der Waals surface area contributed by atoms with Crippen molar-refractivity contribution in [2.75, 3.05) is 27.9 Å². The van der Waals surface area contributed by atoms with Crippen molar-refractivity contribution in [3.8, 4) is 0 Å². The molecule has 132 valence electrons. The summed E-state index contributed by atoms with van der Waals surface area (Å²) < 4.78 is 27.4. The molecule has 2 rings (SSSR count).